The number of nitrogens with zero attached hydrogens (tertiary/aromatic N) is 2. The van der Waals surface area contributed by atoms with Gasteiger partial charge >= 0.3 is 0 Å². The van der Waals surface area contributed by atoms with E-state index < -0.39 is 16.1 Å². The number of rotatable bonds is 11. The van der Waals surface area contributed by atoms with Crippen LogP contribution in [-0.4, -0.2) is 44.3 Å². The van der Waals surface area contributed by atoms with Crippen LogP contribution in [0.2, 0.25) is 5.02 Å². The maximum absolute atomic E-state index is 13.6. The number of hydrogen-bond donors (Lipinski definition) is 1. The van der Waals surface area contributed by atoms with Gasteiger partial charge < -0.3 is 10.2 Å². The molecule has 1 heterocycles. The molecule has 2 amide bonds. The molecule has 1 aliphatic heterocycles. The summed E-state index contributed by atoms with van der Waals surface area (Å²) in [6.45, 7) is 6.78. The molecule has 4 rings (SSSR count). The highest BCUT2D eigenvalue weighted by Crippen LogP contribution is 2.42. The van der Waals surface area contributed by atoms with Gasteiger partial charge in [0.2, 0.25) is 11.8 Å². The summed E-state index contributed by atoms with van der Waals surface area (Å²) in [6, 6.07) is 17.4. The van der Waals surface area contributed by atoms with Crippen molar-refractivity contribution in [1.82, 2.24) is 10.2 Å². The molecule has 1 aliphatic rings. The third kappa shape index (κ3) is 5.66. The molecular formula is C29H34ClN3O4S. The zero-order valence-corrected chi connectivity index (χ0v) is 23.6. The van der Waals surface area contributed by atoms with Gasteiger partial charge in [-0.05, 0) is 47.9 Å². The Kier molecular flexibility index (Phi) is 8.63. The standard InChI is InChI=1S/C29H34ClN3O4S/c1-4-24(29(35)31-18-20(2)3)32(19-22-10-5-6-13-23(22)30)27(34)16-9-17-33-25-14-7-11-21-12-8-15-26(28(21)25)38(33,36)37/h5-8,10-15,20,24H,4,9,16-19H2,1-3H3,(H,31,35). The average molecular weight is 556 g/mol. The van der Waals surface area contributed by atoms with E-state index in [1.54, 1.807) is 29.2 Å². The Morgan fingerprint density at radius 2 is 1.74 bits per heavy atom. The third-order valence-corrected chi connectivity index (χ3v) is 9.03. The van der Waals surface area contributed by atoms with Crippen LogP contribution in [0.3, 0.4) is 0 Å². The summed E-state index contributed by atoms with van der Waals surface area (Å²) in [7, 11) is -3.69. The van der Waals surface area contributed by atoms with E-state index in [1.165, 1.54) is 4.31 Å². The molecule has 0 aromatic heterocycles. The number of carbonyl (C=O) groups is 2. The van der Waals surface area contributed by atoms with E-state index in [1.807, 2.05) is 57.2 Å². The number of benzene rings is 3. The van der Waals surface area contributed by atoms with Gasteiger partial charge in [-0.2, -0.15) is 0 Å². The predicted octanol–water partition coefficient (Wildman–Crippen LogP) is 5.36. The van der Waals surface area contributed by atoms with Gasteiger partial charge in [0.15, 0.2) is 0 Å². The first-order valence-corrected chi connectivity index (χ1v) is 14.8. The molecular weight excluding hydrogens is 522 g/mol. The maximum Gasteiger partial charge on any atom is 0.265 e. The fourth-order valence-corrected chi connectivity index (χ4v) is 6.81. The van der Waals surface area contributed by atoms with Crippen molar-refractivity contribution in [3.8, 4) is 0 Å². The van der Waals surface area contributed by atoms with E-state index in [4.69, 9.17) is 11.6 Å². The van der Waals surface area contributed by atoms with Crippen LogP contribution < -0.4 is 9.62 Å². The fraction of sp³-hybridized carbons (Fsp3) is 0.379. The molecule has 202 valence electrons. The number of amides is 2. The molecule has 9 heteroatoms. The van der Waals surface area contributed by atoms with Crippen molar-refractivity contribution in [1.29, 1.82) is 0 Å². The zero-order valence-electron chi connectivity index (χ0n) is 22.0. The summed E-state index contributed by atoms with van der Waals surface area (Å²) >= 11 is 6.40. The van der Waals surface area contributed by atoms with Crippen molar-refractivity contribution in [3.05, 3.63) is 71.2 Å². The molecule has 3 aromatic carbocycles. The molecule has 38 heavy (non-hydrogen) atoms. The van der Waals surface area contributed by atoms with E-state index in [9.17, 15) is 18.0 Å². The topological polar surface area (TPSA) is 86.8 Å². The highest BCUT2D eigenvalue weighted by Gasteiger charge is 2.35. The lowest BCUT2D eigenvalue weighted by atomic mass is 10.1. The van der Waals surface area contributed by atoms with Gasteiger partial charge in [-0.25, -0.2) is 8.42 Å². The largest absolute Gasteiger partial charge is 0.354 e. The van der Waals surface area contributed by atoms with Crippen LogP contribution in [0.15, 0.2) is 65.6 Å². The van der Waals surface area contributed by atoms with Gasteiger partial charge in [0.25, 0.3) is 10.0 Å². The Bertz CT molecular complexity index is 1440. The molecule has 0 aliphatic carbocycles. The number of anilines is 1. The number of halogens is 1. The van der Waals surface area contributed by atoms with Gasteiger partial charge in [-0.15, -0.1) is 0 Å². The van der Waals surface area contributed by atoms with E-state index in [-0.39, 0.29) is 37.2 Å². The number of sulfonamides is 1. The number of nitrogens with one attached hydrogen (secondary N) is 1. The molecule has 0 fully saturated rings. The molecule has 1 atom stereocenters. The molecule has 0 radical (unpaired) electrons. The zero-order chi connectivity index (χ0) is 27.4. The fourth-order valence-electron chi connectivity index (χ4n) is 4.87. The number of hydrogen-bond acceptors (Lipinski definition) is 4. The first-order valence-electron chi connectivity index (χ1n) is 13.0. The average Bonchev–Trinajstić information content (AvgIpc) is 3.11. The minimum atomic E-state index is -3.69. The van der Waals surface area contributed by atoms with Crippen LogP contribution in [-0.2, 0) is 26.2 Å². The molecule has 0 spiro atoms. The highest BCUT2D eigenvalue weighted by molar-refractivity contribution is 7.93. The Hall–Kier alpha value is -3.10. The minimum Gasteiger partial charge on any atom is -0.354 e. The summed E-state index contributed by atoms with van der Waals surface area (Å²) in [5, 5.41) is 5.06. The summed E-state index contributed by atoms with van der Waals surface area (Å²) in [5.74, 6) is -0.144. The van der Waals surface area contributed by atoms with Crippen molar-refractivity contribution >= 4 is 49.9 Å². The Balaban J connectivity index is 1.52. The molecule has 7 nitrogen and oxygen atoms in total. The van der Waals surface area contributed by atoms with Crippen molar-refractivity contribution in [2.45, 2.75) is 57.5 Å². The molecule has 1 unspecified atom stereocenters. The molecule has 0 saturated carbocycles. The second-order valence-electron chi connectivity index (χ2n) is 9.99. The van der Waals surface area contributed by atoms with Crippen molar-refractivity contribution < 1.29 is 18.0 Å². The highest BCUT2D eigenvalue weighted by atomic mass is 35.5. The van der Waals surface area contributed by atoms with Crippen LogP contribution in [0.1, 0.15) is 45.6 Å². The summed E-state index contributed by atoms with van der Waals surface area (Å²) in [5.41, 5.74) is 1.39. The van der Waals surface area contributed by atoms with Crippen molar-refractivity contribution in [2.24, 2.45) is 5.92 Å². The van der Waals surface area contributed by atoms with E-state index >= 15 is 0 Å². The first kappa shape index (κ1) is 27.9. The SMILES string of the molecule is CCC(C(=O)NCC(C)C)N(Cc1ccccc1Cl)C(=O)CCCN1c2cccc3cccc(c23)S1(=O)=O. The normalized spacial score (nSPS) is 14.6. The van der Waals surface area contributed by atoms with Crippen LogP contribution in [0.25, 0.3) is 10.8 Å². The Morgan fingerprint density at radius 1 is 1.03 bits per heavy atom. The summed E-state index contributed by atoms with van der Waals surface area (Å²) < 4.78 is 28.0. The molecule has 0 saturated heterocycles. The van der Waals surface area contributed by atoms with Crippen LogP contribution in [0.5, 0.6) is 0 Å². The number of carbonyl (C=O) groups excluding carboxylic acids is 2. The summed E-state index contributed by atoms with van der Waals surface area (Å²) in [4.78, 5) is 28.5. The van der Waals surface area contributed by atoms with Gasteiger partial charge in [-0.1, -0.05) is 74.8 Å². The molecule has 1 N–H and O–H groups in total. The molecule has 0 bridgehead atoms. The van der Waals surface area contributed by atoms with Gasteiger partial charge in [-0.3, -0.25) is 13.9 Å². The lowest BCUT2D eigenvalue weighted by molar-refractivity contribution is -0.141. The van der Waals surface area contributed by atoms with Crippen molar-refractivity contribution in [3.63, 3.8) is 0 Å². The maximum atomic E-state index is 13.6. The van der Waals surface area contributed by atoms with Crippen LogP contribution in [0, 0.1) is 5.92 Å². The monoisotopic (exact) mass is 555 g/mol. The van der Waals surface area contributed by atoms with Crippen LogP contribution in [0.4, 0.5) is 5.69 Å². The van der Waals surface area contributed by atoms with Crippen LogP contribution >= 0.6 is 11.6 Å². The van der Waals surface area contributed by atoms with E-state index in [0.29, 0.717) is 35.0 Å². The third-order valence-electron chi connectivity index (χ3n) is 6.80. The Morgan fingerprint density at radius 3 is 2.42 bits per heavy atom. The van der Waals surface area contributed by atoms with Gasteiger partial charge in [0.1, 0.15) is 6.04 Å². The van der Waals surface area contributed by atoms with E-state index in [2.05, 4.69) is 5.32 Å². The smallest absolute Gasteiger partial charge is 0.265 e. The summed E-state index contributed by atoms with van der Waals surface area (Å²) in [6.07, 6.45) is 0.847. The van der Waals surface area contributed by atoms with Gasteiger partial charge in [0, 0.05) is 36.5 Å². The second-order valence-corrected chi connectivity index (χ2v) is 12.2. The van der Waals surface area contributed by atoms with Gasteiger partial charge in [0.05, 0.1) is 10.6 Å². The quantitative estimate of drug-likeness (QED) is 0.345. The van der Waals surface area contributed by atoms with Crippen molar-refractivity contribution in [2.75, 3.05) is 17.4 Å². The predicted molar refractivity (Wildman–Crippen MR) is 152 cm³/mol. The van der Waals surface area contributed by atoms with E-state index in [0.717, 1.165) is 16.3 Å². The minimum absolute atomic E-state index is 0.0940. The lowest BCUT2D eigenvalue weighted by Gasteiger charge is -2.31. The first-order chi connectivity index (χ1) is 18.1. The Labute approximate surface area is 229 Å². The molecule has 3 aromatic rings. The lowest BCUT2D eigenvalue weighted by Crippen LogP contribution is -2.49. The second kappa shape index (κ2) is 11.7.